The number of nitrogens with zero attached hydrogens (tertiary/aromatic N) is 4. The average Bonchev–Trinajstić information content (AvgIpc) is 2.98. The van der Waals surface area contributed by atoms with E-state index in [1.807, 2.05) is 23.1 Å². The number of rotatable bonds is 3. The van der Waals surface area contributed by atoms with E-state index in [1.165, 1.54) is 12.8 Å². The molecule has 1 saturated heterocycles. The normalized spacial score (nSPS) is 19.2. The Morgan fingerprint density at radius 3 is 2.60 bits per heavy atom. The average molecular weight is 336 g/mol. The van der Waals surface area contributed by atoms with E-state index in [0.717, 1.165) is 36.2 Å². The molecule has 0 aliphatic carbocycles. The molecular weight excluding hydrogens is 312 g/mol. The Kier molecular flexibility index (Phi) is 4.15. The van der Waals surface area contributed by atoms with E-state index >= 15 is 0 Å². The Hall–Kier alpha value is -2.43. The molecule has 0 saturated carbocycles. The molecule has 130 valence electrons. The maximum Gasteiger partial charge on any atom is 0.258 e. The minimum absolute atomic E-state index is 0.0298. The fourth-order valence-electron chi connectivity index (χ4n) is 3.68. The maximum absolute atomic E-state index is 12.8. The first-order valence-electron chi connectivity index (χ1n) is 9.10. The summed E-state index contributed by atoms with van der Waals surface area (Å²) in [6, 6.07) is 10.2. The molecule has 5 heteroatoms. The first kappa shape index (κ1) is 16.1. The van der Waals surface area contributed by atoms with Gasteiger partial charge in [0.15, 0.2) is 0 Å². The summed E-state index contributed by atoms with van der Waals surface area (Å²) < 4.78 is 0. The summed E-state index contributed by atoms with van der Waals surface area (Å²) in [6.07, 6.45) is 4.07. The van der Waals surface area contributed by atoms with Gasteiger partial charge in [0.05, 0.1) is 23.8 Å². The van der Waals surface area contributed by atoms with E-state index in [9.17, 15) is 4.79 Å². The van der Waals surface area contributed by atoms with Crippen LogP contribution in [0, 0.1) is 5.92 Å². The molecule has 2 aromatic rings. The molecule has 0 N–H and O–H groups in total. The molecule has 25 heavy (non-hydrogen) atoms. The van der Waals surface area contributed by atoms with E-state index < -0.39 is 0 Å². The van der Waals surface area contributed by atoms with Crippen molar-refractivity contribution in [3.63, 3.8) is 0 Å². The first-order valence-corrected chi connectivity index (χ1v) is 9.10. The van der Waals surface area contributed by atoms with Crippen molar-refractivity contribution in [3.8, 4) is 0 Å². The summed E-state index contributed by atoms with van der Waals surface area (Å²) in [5.41, 5.74) is 2.65. The summed E-state index contributed by atoms with van der Waals surface area (Å²) in [4.78, 5) is 26.1. The molecule has 0 unspecified atom stereocenters. The lowest BCUT2D eigenvalue weighted by atomic mass is 10.00. The van der Waals surface area contributed by atoms with Gasteiger partial charge in [-0.25, -0.2) is 9.97 Å². The van der Waals surface area contributed by atoms with Crippen LogP contribution in [0.3, 0.4) is 0 Å². The molecule has 1 atom stereocenters. The minimum atomic E-state index is 0.0298. The zero-order chi connectivity index (χ0) is 17.4. The van der Waals surface area contributed by atoms with Gasteiger partial charge >= 0.3 is 0 Å². The smallest absolute Gasteiger partial charge is 0.258 e. The monoisotopic (exact) mass is 336 g/mol. The van der Waals surface area contributed by atoms with E-state index in [-0.39, 0.29) is 11.9 Å². The Morgan fingerprint density at radius 2 is 1.88 bits per heavy atom. The SMILES string of the molecule is CC1CCN(c2ncc3c(n2)CN([C@H](C)c2ccccc2)C3=O)CC1. The molecule has 2 aliphatic heterocycles. The van der Waals surface area contributed by atoms with E-state index in [4.69, 9.17) is 4.98 Å². The molecule has 3 heterocycles. The second kappa shape index (κ2) is 6.47. The molecule has 1 aromatic carbocycles. The highest BCUT2D eigenvalue weighted by molar-refractivity contribution is 5.97. The molecule has 0 radical (unpaired) electrons. The zero-order valence-electron chi connectivity index (χ0n) is 14.9. The molecular formula is C20H24N4O. The van der Waals surface area contributed by atoms with Crippen molar-refractivity contribution < 1.29 is 4.79 Å². The lowest BCUT2D eigenvalue weighted by Crippen LogP contribution is -2.34. The highest BCUT2D eigenvalue weighted by Crippen LogP contribution is 2.31. The summed E-state index contributed by atoms with van der Waals surface area (Å²) in [7, 11) is 0. The van der Waals surface area contributed by atoms with Gasteiger partial charge in [0.25, 0.3) is 5.91 Å². The van der Waals surface area contributed by atoms with Gasteiger partial charge in [0.2, 0.25) is 5.95 Å². The van der Waals surface area contributed by atoms with Gasteiger partial charge in [0.1, 0.15) is 0 Å². The van der Waals surface area contributed by atoms with Crippen LogP contribution in [0.4, 0.5) is 5.95 Å². The molecule has 0 bridgehead atoms. The zero-order valence-corrected chi connectivity index (χ0v) is 14.9. The molecule has 0 spiro atoms. The number of fused-ring (bicyclic) bond motifs is 1. The van der Waals surface area contributed by atoms with Crippen LogP contribution in [0.2, 0.25) is 0 Å². The third-order valence-electron chi connectivity index (χ3n) is 5.48. The van der Waals surface area contributed by atoms with Gasteiger partial charge in [-0.2, -0.15) is 0 Å². The summed E-state index contributed by atoms with van der Waals surface area (Å²) in [5.74, 6) is 1.58. The predicted molar refractivity (Wildman–Crippen MR) is 97.4 cm³/mol. The van der Waals surface area contributed by atoms with Gasteiger partial charge in [0, 0.05) is 19.3 Å². The lowest BCUT2D eigenvalue weighted by molar-refractivity contribution is 0.0715. The van der Waals surface area contributed by atoms with Crippen LogP contribution in [0.1, 0.15) is 54.3 Å². The number of aromatic nitrogens is 2. The van der Waals surface area contributed by atoms with Crippen molar-refractivity contribution in [3.05, 3.63) is 53.3 Å². The van der Waals surface area contributed by atoms with Crippen molar-refractivity contribution in [1.82, 2.24) is 14.9 Å². The molecule has 1 amide bonds. The van der Waals surface area contributed by atoms with Gasteiger partial charge in [-0.3, -0.25) is 4.79 Å². The number of amides is 1. The maximum atomic E-state index is 12.8. The minimum Gasteiger partial charge on any atom is -0.341 e. The van der Waals surface area contributed by atoms with Crippen LogP contribution in [0.25, 0.3) is 0 Å². The fourth-order valence-corrected chi connectivity index (χ4v) is 3.68. The van der Waals surface area contributed by atoms with E-state index in [1.54, 1.807) is 6.20 Å². The van der Waals surface area contributed by atoms with Crippen LogP contribution in [-0.2, 0) is 6.54 Å². The number of carbonyl (C=O) groups is 1. The Bertz CT molecular complexity index is 769. The van der Waals surface area contributed by atoms with Crippen LogP contribution < -0.4 is 4.90 Å². The highest BCUT2D eigenvalue weighted by Gasteiger charge is 2.33. The second-order valence-electron chi connectivity index (χ2n) is 7.22. The number of benzene rings is 1. The largest absolute Gasteiger partial charge is 0.341 e. The number of hydrogen-bond donors (Lipinski definition) is 0. The van der Waals surface area contributed by atoms with E-state index in [2.05, 4.69) is 35.9 Å². The third-order valence-corrected chi connectivity index (χ3v) is 5.48. The molecule has 4 rings (SSSR count). The van der Waals surface area contributed by atoms with Crippen molar-refractivity contribution >= 4 is 11.9 Å². The number of carbonyl (C=O) groups excluding carboxylic acids is 1. The van der Waals surface area contributed by atoms with Gasteiger partial charge in [-0.1, -0.05) is 37.3 Å². The van der Waals surface area contributed by atoms with E-state index in [0.29, 0.717) is 12.1 Å². The van der Waals surface area contributed by atoms with Crippen LogP contribution in [-0.4, -0.2) is 33.9 Å². The predicted octanol–water partition coefficient (Wildman–Crippen LogP) is 3.43. The Balaban J connectivity index is 1.55. The van der Waals surface area contributed by atoms with Gasteiger partial charge < -0.3 is 9.80 Å². The Labute approximate surface area is 148 Å². The lowest BCUT2D eigenvalue weighted by Gasteiger charge is -2.30. The summed E-state index contributed by atoms with van der Waals surface area (Å²) in [6.45, 7) is 6.92. The number of anilines is 1. The van der Waals surface area contributed by atoms with Gasteiger partial charge in [-0.05, 0) is 31.2 Å². The molecule has 1 fully saturated rings. The van der Waals surface area contributed by atoms with Crippen molar-refractivity contribution in [2.24, 2.45) is 5.92 Å². The van der Waals surface area contributed by atoms with Crippen molar-refractivity contribution in [2.45, 2.75) is 39.3 Å². The van der Waals surface area contributed by atoms with Crippen molar-refractivity contribution in [1.29, 1.82) is 0 Å². The fraction of sp³-hybridized carbons (Fsp3) is 0.450. The first-order chi connectivity index (χ1) is 12.1. The highest BCUT2D eigenvalue weighted by atomic mass is 16.2. The topological polar surface area (TPSA) is 49.3 Å². The quantitative estimate of drug-likeness (QED) is 0.862. The Morgan fingerprint density at radius 1 is 1.16 bits per heavy atom. The van der Waals surface area contributed by atoms with Crippen LogP contribution >= 0.6 is 0 Å². The number of hydrogen-bond acceptors (Lipinski definition) is 4. The second-order valence-corrected chi connectivity index (χ2v) is 7.22. The molecule has 2 aliphatic rings. The summed E-state index contributed by atoms with van der Waals surface area (Å²) >= 11 is 0. The van der Waals surface area contributed by atoms with Gasteiger partial charge in [-0.15, -0.1) is 0 Å². The van der Waals surface area contributed by atoms with Crippen LogP contribution in [0.15, 0.2) is 36.5 Å². The third kappa shape index (κ3) is 2.99. The standard InChI is InChI=1S/C20H24N4O/c1-14-8-10-23(11-9-14)20-21-12-17-18(22-20)13-24(19(17)25)15(2)16-6-4-3-5-7-16/h3-7,12,14-15H,8-11,13H2,1-2H3/t15-/m1/s1. The number of piperidine rings is 1. The summed E-state index contributed by atoms with van der Waals surface area (Å²) in [5, 5.41) is 0. The van der Waals surface area contributed by atoms with Crippen molar-refractivity contribution in [2.75, 3.05) is 18.0 Å². The molecule has 5 nitrogen and oxygen atoms in total. The molecule has 1 aromatic heterocycles. The van der Waals surface area contributed by atoms with Crippen LogP contribution in [0.5, 0.6) is 0 Å².